The van der Waals surface area contributed by atoms with Crippen molar-refractivity contribution in [2.75, 3.05) is 6.61 Å². The van der Waals surface area contributed by atoms with E-state index in [0.717, 1.165) is 27.7 Å². The van der Waals surface area contributed by atoms with Gasteiger partial charge in [0.25, 0.3) is 5.56 Å². The Bertz CT molecular complexity index is 2140. The first-order valence-corrected chi connectivity index (χ1v) is 15.6. The van der Waals surface area contributed by atoms with Gasteiger partial charge in [0.1, 0.15) is 6.04 Å². The summed E-state index contributed by atoms with van der Waals surface area (Å²) in [7, 11) is 0. The highest BCUT2D eigenvalue weighted by atomic mass is 35.5. The van der Waals surface area contributed by atoms with E-state index in [1.54, 1.807) is 30.5 Å². The second-order valence-electron chi connectivity index (χ2n) is 10.2. The molecule has 0 saturated carbocycles. The Balaban J connectivity index is 1.56. The fraction of sp³-hybridized carbons (Fsp3) is 0.182. The van der Waals surface area contributed by atoms with Gasteiger partial charge >= 0.3 is 5.97 Å². The first kappa shape index (κ1) is 29.5. The van der Waals surface area contributed by atoms with Gasteiger partial charge in [0, 0.05) is 43.8 Å². The molecule has 0 fully saturated rings. The molecule has 3 aromatic carbocycles. The Labute approximate surface area is 266 Å². The molecule has 218 valence electrons. The molecule has 0 saturated heterocycles. The highest BCUT2D eigenvalue weighted by Crippen LogP contribution is 2.35. The van der Waals surface area contributed by atoms with E-state index in [4.69, 9.17) is 39.5 Å². The molecule has 3 heterocycles. The third kappa shape index (κ3) is 5.25. The van der Waals surface area contributed by atoms with Gasteiger partial charge in [0.2, 0.25) is 0 Å². The summed E-state index contributed by atoms with van der Waals surface area (Å²) in [4.78, 5) is 32.6. The van der Waals surface area contributed by atoms with Crippen LogP contribution in [0, 0.1) is 6.92 Å². The van der Waals surface area contributed by atoms with Crippen LogP contribution in [-0.4, -0.2) is 21.7 Å². The number of hydrogen-bond acceptors (Lipinski definition) is 5. The van der Waals surface area contributed by atoms with Crippen molar-refractivity contribution in [2.45, 2.75) is 33.4 Å². The highest BCUT2D eigenvalue weighted by molar-refractivity contribution is 7.07. The van der Waals surface area contributed by atoms with E-state index in [9.17, 15) is 9.59 Å². The number of carbonyl (C=O) groups is 1. The van der Waals surface area contributed by atoms with E-state index < -0.39 is 12.0 Å². The molecule has 2 aromatic heterocycles. The van der Waals surface area contributed by atoms with E-state index in [2.05, 4.69) is 15.6 Å². The number of para-hydroxylation sites is 1. The summed E-state index contributed by atoms with van der Waals surface area (Å²) in [6, 6.07) is 20.0. The monoisotopic (exact) mass is 649 g/mol. The lowest BCUT2D eigenvalue weighted by Gasteiger charge is -2.25. The van der Waals surface area contributed by atoms with Gasteiger partial charge in [-0.3, -0.25) is 9.36 Å². The zero-order valence-corrected chi connectivity index (χ0v) is 26.6. The van der Waals surface area contributed by atoms with Crippen LogP contribution in [0.3, 0.4) is 0 Å². The van der Waals surface area contributed by atoms with Crippen LogP contribution in [0.1, 0.15) is 42.3 Å². The number of allylic oxidation sites excluding steroid dienone is 1. The summed E-state index contributed by atoms with van der Waals surface area (Å²) in [5, 5.41) is 2.61. The smallest absolute Gasteiger partial charge is 0.338 e. The lowest BCUT2D eigenvalue weighted by atomic mass is 9.96. The largest absolute Gasteiger partial charge is 0.463 e. The molecule has 0 radical (unpaired) electrons. The first-order valence-electron chi connectivity index (χ1n) is 13.7. The number of carbonyl (C=O) groups excluding carboxylic acids is 1. The van der Waals surface area contributed by atoms with E-state index in [1.165, 1.54) is 11.3 Å². The van der Waals surface area contributed by atoms with Crippen LogP contribution >= 0.6 is 46.1 Å². The van der Waals surface area contributed by atoms with E-state index in [1.807, 2.05) is 61.5 Å². The summed E-state index contributed by atoms with van der Waals surface area (Å²) in [5.41, 5.74) is 4.99. The molecule has 10 heteroatoms. The summed E-state index contributed by atoms with van der Waals surface area (Å²) >= 11 is 20.6. The molecular formula is C33H26Cl3N3O3S. The summed E-state index contributed by atoms with van der Waals surface area (Å²) in [5.74, 6) is -0.525. The summed E-state index contributed by atoms with van der Waals surface area (Å²) in [6.45, 7) is 6.26. The second-order valence-corrected chi connectivity index (χ2v) is 12.4. The number of aromatic nitrogens is 2. The molecule has 0 spiro atoms. The molecule has 6 nitrogen and oxygen atoms in total. The maximum absolute atomic E-state index is 14.2. The van der Waals surface area contributed by atoms with Crippen LogP contribution in [0.5, 0.6) is 0 Å². The van der Waals surface area contributed by atoms with Gasteiger partial charge in [0.05, 0.1) is 22.4 Å². The van der Waals surface area contributed by atoms with Crippen LogP contribution in [0.15, 0.2) is 87.8 Å². The third-order valence-corrected chi connectivity index (χ3v) is 9.53. The van der Waals surface area contributed by atoms with Crippen molar-refractivity contribution in [2.24, 2.45) is 4.99 Å². The molecule has 0 N–H and O–H groups in total. The van der Waals surface area contributed by atoms with Crippen molar-refractivity contribution >= 4 is 69.1 Å². The quantitative estimate of drug-likeness (QED) is 0.185. The normalized spacial score (nSPS) is 15.1. The maximum Gasteiger partial charge on any atom is 0.338 e. The minimum atomic E-state index is -0.777. The first-order chi connectivity index (χ1) is 20.7. The van der Waals surface area contributed by atoms with Crippen molar-refractivity contribution < 1.29 is 9.53 Å². The number of nitrogens with zero attached hydrogens (tertiary/aromatic N) is 3. The topological polar surface area (TPSA) is 65.6 Å². The molecule has 1 aliphatic rings. The van der Waals surface area contributed by atoms with Crippen LogP contribution in [0.2, 0.25) is 15.1 Å². The Kier molecular flexibility index (Phi) is 8.09. The van der Waals surface area contributed by atoms with Crippen LogP contribution in [0.4, 0.5) is 0 Å². The van der Waals surface area contributed by atoms with Gasteiger partial charge in [-0.05, 0) is 62.2 Å². The number of halogens is 3. The lowest BCUT2D eigenvalue weighted by Crippen LogP contribution is -2.40. The van der Waals surface area contributed by atoms with Crippen LogP contribution < -0.4 is 14.9 Å². The number of rotatable bonds is 6. The number of fused-ring (bicyclic) bond motifs is 2. The SMILES string of the molecule is CCOC(=O)C1=C(C)N=c2s/c(=C\c3c(C)n(Cc4ccc(Cl)cc4Cl)c4ccccc34)c(=O)n2[C@@H]1c1ccccc1Cl. The van der Waals surface area contributed by atoms with Gasteiger partial charge in [-0.25, -0.2) is 9.79 Å². The summed E-state index contributed by atoms with van der Waals surface area (Å²) in [6.07, 6.45) is 1.91. The van der Waals surface area contributed by atoms with Crippen molar-refractivity contribution in [1.29, 1.82) is 0 Å². The molecule has 1 aliphatic heterocycles. The van der Waals surface area contributed by atoms with Crippen LogP contribution in [-0.2, 0) is 16.1 Å². The number of ether oxygens (including phenoxy) is 1. The Morgan fingerprint density at radius 1 is 1.02 bits per heavy atom. The molecular weight excluding hydrogens is 625 g/mol. The minimum Gasteiger partial charge on any atom is -0.463 e. The summed E-state index contributed by atoms with van der Waals surface area (Å²) < 4.78 is 9.62. The fourth-order valence-electron chi connectivity index (χ4n) is 5.58. The van der Waals surface area contributed by atoms with E-state index in [-0.39, 0.29) is 12.2 Å². The van der Waals surface area contributed by atoms with Crippen molar-refractivity contribution in [3.8, 4) is 0 Å². The van der Waals surface area contributed by atoms with Gasteiger partial charge in [-0.1, -0.05) is 88.6 Å². The highest BCUT2D eigenvalue weighted by Gasteiger charge is 2.34. The Morgan fingerprint density at radius 2 is 1.77 bits per heavy atom. The molecule has 0 amide bonds. The molecule has 0 bridgehead atoms. The lowest BCUT2D eigenvalue weighted by molar-refractivity contribution is -0.139. The molecule has 1 atom stereocenters. The third-order valence-electron chi connectivity index (χ3n) is 7.62. The number of benzene rings is 3. The Morgan fingerprint density at radius 3 is 2.51 bits per heavy atom. The van der Waals surface area contributed by atoms with E-state index >= 15 is 0 Å². The average Bonchev–Trinajstić information content (AvgIpc) is 3.42. The molecule has 5 aromatic rings. The molecule has 0 aliphatic carbocycles. The minimum absolute atomic E-state index is 0.194. The molecule has 0 unspecified atom stereocenters. The second kappa shape index (κ2) is 11.8. The number of hydrogen-bond donors (Lipinski definition) is 0. The standard InChI is InChI=1S/C33H26Cl3N3O3S/c1-4-42-32(41)29-18(2)37-33-39(30(29)23-10-5-7-11-25(23)35)31(40)28(43-33)16-24-19(3)38(27-12-8-6-9-22(24)27)17-20-13-14-21(34)15-26(20)36/h5-16,30H,4,17H2,1-3H3/b28-16-/t30-/m1/s1. The molecule has 6 rings (SSSR count). The zero-order chi connectivity index (χ0) is 30.4. The zero-order valence-electron chi connectivity index (χ0n) is 23.5. The number of thiazole rings is 1. The van der Waals surface area contributed by atoms with Crippen molar-refractivity contribution in [3.63, 3.8) is 0 Å². The predicted molar refractivity (Wildman–Crippen MR) is 174 cm³/mol. The number of esters is 1. The maximum atomic E-state index is 14.2. The van der Waals surface area contributed by atoms with Gasteiger partial charge in [-0.15, -0.1) is 0 Å². The predicted octanol–water partition coefficient (Wildman–Crippen LogP) is 7.07. The van der Waals surface area contributed by atoms with E-state index in [0.29, 0.717) is 47.8 Å². The van der Waals surface area contributed by atoms with Crippen molar-refractivity contribution in [1.82, 2.24) is 9.13 Å². The Hall–Kier alpha value is -3.62. The van der Waals surface area contributed by atoms with Crippen molar-refractivity contribution in [3.05, 3.63) is 135 Å². The molecule has 43 heavy (non-hydrogen) atoms. The average molecular weight is 651 g/mol. The van der Waals surface area contributed by atoms with Crippen LogP contribution in [0.25, 0.3) is 17.0 Å². The van der Waals surface area contributed by atoms with Gasteiger partial charge < -0.3 is 9.30 Å². The fourth-order valence-corrected chi connectivity index (χ4v) is 7.31. The van der Waals surface area contributed by atoms with Gasteiger partial charge in [-0.2, -0.15) is 0 Å². The van der Waals surface area contributed by atoms with Gasteiger partial charge in [0.15, 0.2) is 4.80 Å².